The van der Waals surface area contributed by atoms with Crippen molar-refractivity contribution in [1.29, 1.82) is 10.5 Å². The number of esters is 1. The molecule has 0 bridgehead atoms. The molecule has 0 radical (unpaired) electrons. The Morgan fingerprint density at radius 2 is 2.02 bits per heavy atom. The van der Waals surface area contributed by atoms with E-state index >= 15 is 0 Å². The normalized spacial score (nSPS) is 18.9. The lowest BCUT2D eigenvalue weighted by atomic mass is 10.00. The van der Waals surface area contributed by atoms with Crippen LogP contribution in [0.5, 0.6) is 0 Å². The first-order chi connectivity index (χ1) is 20.2. The van der Waals surface area contributed by atoms with Gasteiger partial charge in [0.1, 0.15) is 18.2 Å². The van der Waals surface area contributed by atoms with Crippen molar-refractivity contribution in [1.82, 2.24) is 24.9 Å². The third-order valence-electron chi connectivity index (χ3n) is 6.85. The molecule has 1 saturated carbocycles. The van der Waals surface area contributed by atoms with Gasteiger partial charge in [0.05, 0.1) is 53.9 Å². The van der Waals surface area contributed by atoms with Crippen LogP contribution in [-0.4, -0.2) is 76.1 Å². The van der Waals surface area contributed by atoms with Crippen molar-refractivity contribution in [2.24, 2.45) is 5.73 Å². The number of aromatic nitrogens is 4. The summed E-state index contributed by atoms with van der Waals surface area (Å²) in [5.41, 5.74) is 7.49. The Bertz CT molecular complexity index is 1610. The Balaban J connectivity index is 1.47. The molecule has 2 aliphatic rings. The molecular weight excluding hydrogens is 566 g/mol. The molecule has 1 aliphatic heterocycles. The second-order valence-electron chi connectivity index (χ2n) is 10.0. The van der Waals surface area contributed by atoms with Gasteiger partial charge < -0.3 is 36.1 Å². The standard InChI is InChI=1S/C26H28ClN11O4/c1-13(30)24(39)42-20-12-37(6-5-17(20)34-26(40)41-2)19-8-14(9-28)7-18(21(19)27)33-25-35-22(32-15-3-4-15)23-31-11-16(10-29)38(23)36-25/h7-8,11,13,15,17,20H,3-6,12,30H2,1-2H3,(H,34,40)(H2,32,33,35,36)/t13-,17+,20-/m0/s1. The highest BCUT2D eigenvalue weighted by Crippen LogP contribution is 2.37. The minimum Gasteiger partial charge on any atom is -0.457 e. The van der Waals surface area contributed by atoms with E-state index in [1.54, 1.807) is 12.1 Å². The van der Waals surface area contributed by atoms with Crippen LogP contribution in [0.3, 0.4) is 0 Å². The highest BCUT2D eigenvalue weighted by atomic mass is 35.5. The van der Waals surface area contributed by atoms with Gasteiger partial charge in [0.25, 0.3) is 0 Å². The van der Waals surface area contributed by atoms with Crippen molar-refractivity contribution in [2.45, 2.75) is 50.4 Å². The van der Waals surface area contributed by atoms with E-state index in [0.29, 0.717) is 41.4 Å². The molecule has 3 heterocycles. The molecule has 2 fully saturated rings. The summed E-state index contributed by atoms with van der Waals surface area (Å²) < 4.78 is 11.7. The second kappa shape index (κ2) is 11.9. The van der Waals surface area contributed by atoms with Crippen LogP contribution in [0.4, 0.5) is 27.9 Å². The van der Waals surface area contributed by atoms with Crippen LogP contribution in [0.2, 0.25) is 5.02 Å². The zero-order chi connectivity index (χ0) is 30.0. The van der Waals surface area contributed by atoms with E-state index in [9.17, 15) is 20.1 Å². The highest BCUT2D eigenvalue weighted by Gasteiger charge is 2.35. The Hall–Kier alpha value is -4.86. The number of benzene rings is 1. The average molecular weight is 594 g/mol. The van der Waals surface area contributed by atoms with E-state index in [2.05, 4.69) is 43.2 Å². The van der Waals surface area contributed by atoms with Crippen LogP contribution in [0.15, 0.2) is 18.3 Å². The van der Waals surface area contributed by atoms with Crippen LogP contribution in [-0.2, 0) is 14.3 Å². The van der Waals surface area contributed by atoms with Crippen molar-refractivity contribution >= 4 is 52.5 Å². The smallest absolute Gasteiger partial charge is 0.407 e. The SMILES string of the molecule is COC(=O)N[C@@H]1CCN(c2cc(C#N)cc(Nc3nc(NC4CC4)c4ncc(C#N)n4n3)c2Cl)C[C@@H]1OC(=O)[C@H](C)N. The van der Waals surface area contributed by atoms with Gasteiger partial charge in [-0.1, -0.05) is 11.6 Å². The van der Waals surface area contributed by atoms with Gasteiger partial charge in [-0.05, 0) is 38.3 Å². The quantitative estimate of drug-likeness (QED) is 0.276. The molecule has 0 unspecified atom stereocenters. The summed E-state index contributed by atoms with van der Waals surface area (Å²) in [6, 6.07) is 6.25. The number of fused-ring (bicyclic) bond motifs is 1. The van der Waals surface area contributed by atoms with Crippen molar-refractivity contribution in [2.75, 3.05) is 35.7 Å². The van der Waals surface area contributed by atoms with E-state index in [1.165, 1.54) is 24.7 Å². The summed E-state index contributed by atoms with van der Waals surface area (Å²) in [5, 5.41) is 33.1. The number of nitrogens with zero attached hydrogens (tertiary/aromatic N) is 7. The van der Waals surface area contributed by atoms with E-state index in [-0.39, 0.29) is 29.3 Å². The number of hydrogen-bond donors (Lipinski definition) is 4. The van der Waals surface area contributed by atoms with Gasteiger partial charge in [0, 0.05) is 12.6 Å². The van der Waals surface area contributed by atoms with Crippen molar-refractivity contribution in [3.63, 3.8) is 0 Å². The number of hydrogen-bond acceptors (Lipinski definition) is 13. The van der Waals surface area contributed by atoms with Crippen molar-refractivity contribution in [3.8, 4) is 12.1 Å². The molecule has 3 atom stereocenters. The molecule has 1 aromatic carbocycles. The first kappa shape index (κ1) is 28.7. The fraction of sp³-hybridized carbons (Fsp3) is 0.423. The third kappa shape index (κ3) is 6.07. The number of carbonyl (C=O) groups excluding carboxylic acids is 2. The zero-order valence-electron chi connectivity index (χ0n) is 22.8. The fourth-order valence-corrected chi connectivity index (χ4v) is 4.81. The lowest BCUT2D eigenvalue weighted by molar-refractivity contribution is -0.151. The molecular formula is C26H28ClN11O4. The minimum absolute atomic E-state index is 0.132. The number of nitriles is 2. The second-order valence-corrected chi connectivity index (χ2v) is 10.4. The Kier molecular flexibility index (Phi) is 8.15. The van der Waals surface area contributed by atoms with Crippen LogP contribution in [0.25, 0.3) is 5.65 Å². The van der Waals surface area contributed by atoms with Crippen LogP contribution in [0.1, 0.15) is 37.4 Å². The summed E-state index contributed by atoms with van der Waals surface area (Å²) in [5.74, 6) is -0.0341. The van der Waals surface area contributed by atoms with E-state index in [4.69, 9.17) is 26.8 Å². The van der Waals surface area contributed by atoms with Crippen LogP contribution >= 0.6 is 11.6 Å². The Labute approximate surface area is 245 Å². The van der Waals surface area contributed by atoms with Crippen molar-refractivity contribution in [3.05, 3.63) is 34.6 Å². The van der Waals surface area contributed by atoms with Crippen molar-refractivity contribution < 1.29 is 19.1 Å². The fourth-order valence-electron chi connectivity index (χ4n) is 4.53. The summed E-state index contributed by atoms with van der Waals surface area (Å²) >= 11 is 6.88. The van der Waals surface area contributed by atoms with Gasteiger partial charge in [-0.2, -0.15) is 20.0 Å². The predicted molar refractivity (Wildman–Crippen MR) is 151 cm³/mol. The monoisotopic (exact) mass is 593 g/mol. The number of imidazole rings is 1. The average Bonchev–Trinajstić information content (AvgIpc) is 3.70. The molecule has 3 aromatic rings. The molecule has 1 aliphatic carbocycles. The summed E-state index contributed by atoms with van der Waals surface area (Å²) in [7, 11) is 1.25. The summed E-state index contributed by atoms with van der Waals surface area (Å²) in [6.07, 6.45) is 2.36. The number of nitrogens with one attached hydrogen (secondary N) is 3. The number of piperidine rings is 1. The van der Waals surface area contributed by atoms with E-state index < -0.39 is 30.3 Å². The molecule has 16 heteroatoms. The van der Waals surface area contributed by atoms with E-state index in [0.717, 1.165) is 12.8 Å². The number of anilines is 4. The molecule has 0 spiro atoms. The maximum atomic E-state index is 12.4. The first-order valence-corrected chi connectivity index (χ1v) is 13.6. The largest absolute Gasteiger partial charge is 0.457 e. The number of ether oxygens (including phenoxy) is 2. The predicted octanol–water partition coefficient (Wildman–Crippen LogP) is 2.03. The molecule has 2 aromatic heterocycles. The summed E-state index contributed by atoms with van der Waals surface area (Å²) in [4.78, 5) is 35.0. The Morgan fingerprint density at radius 3 is 2.69 bits per heavy atom. The number of rotatable bonds is 8. The zero-order valence-corrected chi connectivity index (χ0v) is 23.6. The number of methoxy groups -OCH3 is 1. The molecule has 1 saturated heterocycles. The molecule has 218 valence electrons. The minimum atomic E-state index is -0.867. The van der Waals surface area contributed by atoms with Gasteiger partial charge in [-0.15, -0.1) is 5.10 Å². The van der Waals surface area contributed by atoms with Crippen LogP contribution in [0, 0.1) is 22.7 Å². The molecule has 42 heavy (non-hydrogen) atoms. The maximum absolute atomic E-state index is 12.4. The topological polar surface area (TPSA) is 209 Å². The van der Waals surface area contributed by atoms with Gasteiger partial charge in [-0.25, -0.2) is 9.78 Å². The molecule has 5 rings (SSSR count). The number of carbonyl (C=O) groups is 2. The van der Waals surface area contributed by atoms with Gasteiger partial charge in [0.2, 0.25) is 5.95 Å². The highest BCUT2D eigenvalue weighted by molar-refractivity contribution is 6.36. The summed E-state index contributed by atoms with van der Waals surface area (Å²) in [6.45, 7) is 2.07. The number of amides is 1. The van der Waals surface area contributed by atoms with Gasteiger partial charge in [-0.3, -0.25) is 4.79 Å². The Morgan fingerprint density at radius 1 is 1.24 bits per heavy atom. The number of nitrogens with two attached hydrogens (primary N) is 1. The van der Waals surface area contributed by atoms with Gasteiger partial charge in [0.15, 0.2) is 17.2 Å². The first-order valence-electron chi connectivity index (χ1n) is 13.2. The lowest BCUT2D eigenvalue weighted by Gasteiger charge is -2.39. The number of halogens is 1. The van der Waals surface area contributed by atoms with Crippen LogP contribution < -0.4 is 26.6 Å². The van der Waals surface area contributed by atoms with Gasteiger partial charge >= 0.3 is 12.1 Å². The molecule has 15 nitrogen and oxygen atoms in total. The van der Waals surface area contributed by atoms with E-state index in [1.807, 2.05) is 4.90 Å². The maximum Gasteiger partial charge on any atom is 0.407 e. The lowest BCUT2D eigenvalue weighted by Crippen LogP contribution is -2.56. The molecule has 1 amide bonds. The number of alkyl carbamates (subject to hydrolysis) is 1. The third-order valence-corrected chi connectivity index (χ3v) is 7.25. The molecule has 5 N–H and O–H groups in total.